The van der Waals surface area contributed by atoms with E-state index in [1.807, 2.05) is 30.6 Å². The van der Waals surface area contributed by atoms with E-state index >= 15 is 0 Å². The number of carbonyl (C=O) groups excluding carboxylic acids is 1. The predicted molar refractivity (Wildman–Crippen MR) is 110 cm³/mol. The van der Waals surface area contributed by atoms with Crippen molar-refractivity contribution in [2.45, 2.75) is 26.7 Å². The lowest BCUT2D eigenvalue weighted by atomic mass is 9.93. The molecule has 1 heterocycles. The van der Waals surface area contributed by atoms with Gasteiger partial charge in [-0.25, -0.2) is 4.98 Å². The molecule has 2 rings (SSSR count). The highest BCUT2D eigenvalue weighted by molar-refractivity contribution is 7.09. The average molecular weight is 404 g/mol. The summed E-state index contributed by atoms with van der Waals surface area (Å²) in [5.41, 5.74) is 7.76. The van der Waals surface area contributed by atoms with Gasteiger partial charge in [0.25, 0.3) is 0 Å². The molecule has 0 aliphatic carbocycles. The first-order chi connectivity index (χ1) is 10.9. The molecule has 1 aromatic heterocycles. The smallest absolute Gasteiger partial charge is 0.228 e. The maximum atomic E-state index is 12.3. The zero-order chi connectivity index (χ0) is 16.9. The molecule has 0 aliphatic rings. The van der Waals surface area contributed by atoms with E-state index in [1.54, 1.807) is 16.2 Å². The van der Waals surface area contributed by atoms with Gasteiger partial charge in [0, 0.05) is 25.4 Å². The number of aromatic nitrogens is 1. The minimum absolute atomic E-state index is 0. The molecule has 4 nitrogen and oxygen atoms in total. The highest BCUT2D eigenvalue weighted by atomic mass is 35.5. The molecule has 0 bridgehead atoms. The van der Waals surface area contributed by atoms with Crippen molar-refractivity contribution < 1.29 is 4.79 Å². The standard InChI is InChI=1S/C18H25N3OS.2ClH/c1-18(2,12-19)13-21(3)17(22)10-15-11-23-16(20-15)9-14-7-5-4-6-8-14;;/h4-8,11H,9-10,12-13,19H2,1-3H3;2*1H. The highest BCUT2D eigenvalue weighted by Crippen LogP contribution is 2.17. The quantitative estimate of drug-likeness (QED) is 0.768. The summed E-state index contributed by atoms with van der Waals surface area (Å²) in [6, 6.07) is 10.3. The van der Waals surface area contributed by atoms with E-state index in [0.29, 0.717) is 19.5 Å². The van der Waals surface area contributed by atoms with E-state index in [4.69, 9.17) is 5.73 Å². The number of halogens is 2. The number of nitrogens with two attached hydrogens (primary N) is 1. The van der Waals surface area contributed by atoms with Gasteiger partial charge in [-0.15, -0.1) is 36.2 Å². The maximum Gasteiger partial charge on any atom is 0.228 e. The Labute approximate surface area is 166 Å². The van der Waals surface area contributed by atoms with Gasteiger partial charge >= 0.3 is 0 Å². The minimum Gasteiger partial charge on any atom is -0.345 e. The third-order valence-electron chi connectivity index (χ3n) is 3.77. The van der Waals surface area contributed by atoms with Gasteiger partial charge in [-0.1, -0.05) is 44.2 Å². The van der Waals surface area contributed by atoms with Crippen LogP contribution in [0.1, 0.15) is 30.1 Å². The lowest BCUT2D eigenvalue weighted by molar-refractivity contribution is -0.130. The number of amides is 1. The van der Waals surface area contributed by atoms with E-state index in [-0.39, 0.29) is 36.1 Å². The van der Waals surface area contributed by atoms with Gasteiger partial charge in [0.05, 0.1) is 17.1 Å². The Hall–Kier alpha value is -1.14. The van der Waals surface area contributed by atoms with Crippen molar-refractivity contribution in [3.63, 3.8) is 0 Å². The zero-order valence-corrected chi connectivity index (χ0v) is 17.3. The number of hydrogen-bond acceptors (Lipinski definition) is 4. The third-order valence-corrected chi connectivity index (χ3v) is 4.67. The van der Waals surface area contributed by atoms with Gasteiger partial charge < -0.3 is 10.6 Å². The fourth-order valence-corrected chi connectivity index (χ4v) is 3.19. The van der Waals surface area contributed by atoms with Crippen molar-refractivity contribution >= 4 is 42.1 Å². The van der Waals surface area contributed by atoms with Gasteiger partial charge in [0.1, 0.15) is 0 Å². The van der Waals surface area contributed by atoms with Gasteiger partial charge in [0.2, 0.25) is 5.91 Å². The summed E-state index contributed by atoms with van der Waals surface area (Å²) in [6.45, 7) is 5.35. The van der Waals surface area contributed by atoms with Gasteiger partial charge in [-0.05, 0) is 17.5 Å². The van der Waals surface area contributed by atoms with Crippen LogP contribution in [0.25, 0.3) is 0 Å². The van der Waals surface area contributed by atoms with E-state index < -0.39 is 0 Å². The zero-order valence-electron chi connectivity index (χ0n) is 14.9. The molecule has 0 atom stereocenters. The SMILES string of the molecule is CN(CC(C)(C)CN)C(=O)Cc1csc(Cc2ccccc2)n1.Cl.Cl. The number of thiazole rings is 1. The molecular weight excluding hydrogens is 377 g/mol. The monoisotopic (exact) mass is 403 g/mol. The molecule has 1 amide bonds. The molecule has 2 N–H and O–H groups in total. The van der Waals surface area contributed by atoms with Crippen LogP contribution in [0.15, 0.2) is 35.7 Å². The first-order valence-electron chi connectivity index (χ1n) is 7.81. The fourth-order valence-electron chi connectivity index (χ4n) is 2.37. The Morgan fingerprint density at radius 3 is 2.48 bits per heavy atom. The van der Waals surface area contributed by atoms with Gasteiger partial charge in [0.15, 0.2) is 0 Å². The van der Waals surface area contributed by atoms with E-state index in [1.165, 1.54) is 5.56 Å². The number of likely N-dealkylation sites (N-methyl/N-ethyl adjacent to an activating group) is 1. The topological polar surface area (TPSA) is 59.2 Å². The largest absolute Gasteiger partial charge is 0.345 e. The summed E-state index contributed by atoms with van der Waals surface area (Å²) in [5, 5.41) is 3.03. The summed E-state index contributed by atoms with van der Waals surface area (Å²) >= 11 is 1.61. The molecule has 0 radical (unpaired) electrons. The summed E-state index contributed by atoms with van der Waals surface area (Å²) in [5.74, 6) is 0.0862. The molecule has 0 saturated carbocycles. The Kier molecular flexibility index (Phi) is 10.3. The molecule has 25 heavy (non-hydrogen) atoms. The van der Waals surface area contributed by atoms with Crippen LogP contribution < -0.4 is 5.73 Å². The van der Waals surface area contributed by atoms with Crippen molar-refractivity contribution in [1.29, 1.82) is 0 Å². The third kappa shape index (κ3) is 7.74. The second-order valence-corrected chi connectivity index (χ2v) is 7.63. The number of hydrogen-bond donors (Lipinski definition) is 1. The maximum absolute atomic E-state index is 12.3. The van der Waals surface area contributed by atoms with Gasteiger partial charge in [-0.3, -0.25) is 4.79 Å². The number of carbonyl (C=O) groups is 1. The first kappa shape index (κ1) is 23.9. The number of nitrogens with zero attached hydrogens (tertiary/aromatic N) is 2. The average Bonchev–Trinajstić information content (AvgIpc) is 2.95. The number of rotatable bonds is 7. The van der Waals surface area contributed by atoms with Crippen LogP contribution in [0.2, 0.25) is 0 Å². The molecule has 0 unspecified atom stereocenters. The minimum atomic E-state index is -0.0645. The molecule has 0 spiro atoms. The van der Waals surface area contributed by atoms with Crippen molar-refractivity contribution in [3.8, 4) is 0 Å². The van der Waals surface area contributed by atoms with Crippen molar-refractivity contribution in [1.82, 2.24) is 9.88 Å². The van der Waals surface area contributed by atoms with E-state index in [9.17, 15) is 4.79 Å². The van der Waals surface area contributed by atoms with Crippen LogP contribution >= 0.6 is 36.2 Å². The van der Waals surface area contributed by atoms with Crippen molar-refractivity contribution in [3.05, 3.63) is 52.0 Å². The van der Waals surface area contributed by atoms with Gasteiger partial charge in [-0.2, -0.15) is 0 Å². The predicted octanol–water partition coefficient (Wildman–Crippen LogP) is 3.56. The molecular formula is C18H27Cl2N3OS. The lowest BCUT2D eigenvalue weighted by Crippen LogP contribution is -2.40. The molecule has 2 aromatic rings. The van der Waals surface area contributed by atoms with E-state index in [2.05, 4.69) is 31.0 Å². The Bertz CT molecular complexity index is 647. The Morgan fingerprint density at radius 2 is 1.88 bits per heavy atom. The van der Waals surface area contributed by atoms with Crippen LogP contribution in [-0.4, -0.2) is 35.9 Å². The summed E-state index contributed by atoms with van der Waals surface area (Å²) in [6.07, 6.45) is 1.16. The summed E-state index contributed by atoms with van der Waals surface area (Å²) in [7, 11) is 1.83. The van der Waals surface area contributed by atoms with Crippen LogP contribution in [0.4, 0.5) is 0 Å². The fraction of sp³-hybridized carbons (Fsp3) is 0.444. The summed E-state index contributed by atoms with van der Waals surface area (Å²) in [4.78, 5) is 18.7. The molecule has 0 saturated heterocycles. The Morgan fingerprint density at radius 1 is 1.24 bits per heavy atom. The Balaban J connectivity index is 0.00000288. The van der Waals surface area contributed by atoms with E-state index in [0.717, 1.165) is 17.1 Å². The second kappa shape index (κ2) is 10.8. The van der Waals surface area contributed by atoms with Crippen LogP contribution in [-0.2, 0) is 17.6 Å². The highest BCUT2D eigenvalue weighted by Gasteiger charge is 2.21. The first-order valence-corrected chi connectivity index (χ1v) is 8.69. The molecule has 140 valence electrons. The molecule has 0 aliphatic heterocycles. The van der Waals surface area contributed by atoms with Crippen molar-refractivity contribution in [2.24, 2.45) is 11.1 Å². The lowest BCUT2D eigenvalue weighted by Gasteiger charge is -2.28. The van der Waals surface area contributed by atoms with Crippen LogP contribution in [0.5, 0.6) is 0 Å². The summed E-state index contributed by atoms with van der Waals surface area (Å²) < 4.78 is 0. The second-order valence-electron chi connectivity index (χ2n) is 6.69. The van der Waals surface area contributed by atoms with Crippen LogP contribution in [0.3, 0.4) is 0 Å². The molecule has 7 heteroatoms. The number of benzene rings is 1. The molecule has 0 fully saturated rings. The normalized spacial score (nSPS) is 10.6. The van der Waals surface area contributed by atoms with Crippen molar-refractivity contribution in [2.75, 3.05) is 20.1 Å². The molecule has 1 aromatic carbocycles. The van der Waals surface area contributed by atoms with Crippen LogP contribution in [0, 0.1) is 5.41 Å².